The fraction of sp³-hybridized carbons (Fsp3) is 0.250. The van der Waals surface area contributed by atoms with Gasteiger partial charge in [0.2, 0.25) is 0 Å². The summed E-state index contributed by atoms with van der Waals surface area (Å²) in [6.07, 6.45) is 1.09. The van der Waals surface area contributed by atoms with Gasteiger partial charge in [0.1, 0.15) is 5.82 Å². The van der Waals surface area contributed by atoms with Crippen LogP contribution in [0.15, 0.2) is 48.5 Å². The van der Waals surface area contributed by atoms with Gasteiger partial charge in [0, 0.05) is 17.1 Å². The first-order valence-electron chi connectivity index (χ1n) is 7.88. The summed E-state index contributed by atoms with van der Waals surface area (Å²) in [5.74, 6) is 1.09. The molecular weight excluding hydrogens is 268 g/mol. The Morgan fingerprint density at radius 2 is 1.86 bits per heavy atom. The molecule has 0 bridgehead atoms. The number of hydrogen-bond acceptors (Lipinski definition) is 2. The molecule has 0 saturated heterocycles. The molecular formula is C20H20N2. The van der Waals surface area contributed by atoms with Crippen LogP contribution in [0.5, 0.6) is 0 Å². The number of hydrogen-bond donors (Lipinski definition) is 0. The van der Waals surface area contributed by atoms with Gasteiger partial charge in [0.25, 0.3) is 0 Å². The van der Waals surface area contributed by atoms with Gasteiger partial charge in [-0.1, -0.05) is 30.3 Å². The third kappa shape index (κ3) is 1.98. The Labute approximate surface area is 131 Å². The van der Waals surface area contributed by atoms with Crippen molar-refractivity contribution in [2.45, 2.75) is 33.2 Å². The molecule has 0 amide bonds. The zero-order valence-electron chi connectivity index (χ0n) is 13.3. The summed E-state index contributed by atoms with van der Waals surface area (Å²) in [6, 6.07) is 17.9. The van der Waals surface area contributed by atoms with Gasteiger partial charge in [0.15, 0.2) is 0 Å². The van der Waals surface area contributed by atoms with Crippen LogP contribution in [0.25, 0.3) is 10.9 Å². The highest BCUT2D eigenvalue weighted by atomic mass is 15.2. The van der Waals surface area contributed by atoms with E-state index in [-0.39, 0.29) is 0 Å². The third-order valence-electron chi connectivity index (χ3n) is 4.57. The number of pyridine rings is 1. The lowest BCUT2D eigenvalue weighted by Gasteiger charge is -2.26. The van der Waals surface area contributed by atoms with E-state index in [1.165, 1.54) is 27.8 Å². The lowest BCUT2D eigenvalue weighted by molar-refractivity contribution is 0.750. The van der Waals surface area contributed by atoms with E-state index in [2.05, 4.69) is 74.2 Å². The van der Waals surface area contributed by atoms with Gasteiger partial charge in [-0.25, -0.2) is 4.98 Å². The van der Waals surface area contributed by atoms with Crippen LogP contribution in [0, 0.1) is 13.8 Å². The molecule has 0 aliphatic carbocycles. The number of nitrogens with zero attached hydrogens (tertiary/aromatic N) is 2. The molecule has 0 saturated carbocycles. The molecule has 1 atom stereocenters. The average Bonchev–Trinajstić information content (AvgIpc) is 2.83. The predicted octanol–water partition coefficient (Wildman–Crippen LogP) is 4.93. The lowest BCUT2D eigenvalue weighted by atomic mass is 10.1. The Balaban J connectivity index is 1.92. The molecule has 2 heterocycles. The Hall–Kier alpha value is -2.35. The molecule has 4 rings (SSSR count). The van der Waals surface area contributed by atoms with Crippen molar-refractivity contribution < 1.29 is 0 Å². The van der Waals surface area contributed by atoms with E-state index in [0.717, 1.165) is 17.8 Å². The number of benzene rings is 2. The molecule has 3 aromatic rings. The minimum atomic E-state index is 0.450. The topological polar surface area (TPSA) is 16.1 Å². The van der Waals surface area contributed by atoms with Crippen LogP contribution in [-0.2, 0) is 6.42 Å². The highest BCUT2D eigenvalue weighted by molar-refractivity contribution is 5.84. The Bertz CT molecular complexity index is 867. The molecule has 0 N–H and O–H groups in total. The van der Waals surface area contributed by atoms with Gasteiger partial charge in [-0.05, 0) is 62.1 Å². The van der Waals surface area contributed by atoms with Crippen LogP contribution in [0.2, 0.25) is 0 Å². The maximum absolute atomic E-state index is 4.99. The molecule has 110 valence electrons. The first kappa shape index (κ1) is 13.3. The maximum atomic E-state index is 4.99. The van der Waals surface area contributed by atoms with Crippen LogP contribution in [0.4, 0.5) is 11.5 Å². The number of fused-ring (bicyclic) bond motifs is 2. The number of anilines is 2. The van der Waals surface area contributed by atoms with E-state index in [1.807, 2.05) is 0 Å². The van der Waals surface area contributed by atoms with Gasteiger partial charge < -0.3 is 4.90 Å². The van der Waals surface area contributed by atoms with Gasteiger partial charge in [-0.2, -0.15) is 0 Å². The quantitative estimate of drug-likeness (QED) is 0.631. The van der Waals surface area contributed by atoms with Gasteiger partial charge >= 0.3 is 0 Å². The van der Waals surface area contributed by atoms with Crippen molar-refractivity contribution in [2.75, 3.05) is 4.90 Å². The SMILES string of the molecule is Cc1ccc2cc(C)c(N3c4ccccc4C[C@@H]3C)nc2c1. The molecule has 0 spiro atoms. The van der Waals surface area contributed by atoms with Gasteiger partial charge in [0.05, 0.1) is 5.52 Å². The van der Waals surface area contributed by atoms with Crippen LogP contribution in [-0.4, -0.2) is 11.0 Å². The van der Waals surface area contributed by atoms with E-state index in [1.54, 1.807) is 0 Å². The summed E-state index contributed by atoms with van der Waals surface area (Å²) in [5, 5.41) is 1.21. The van der Waals surface area contributed by atoms with Crippen molar-refractivity contribution in [3.8, 4) is 0 Å². The van der Waals surface area contributed by atoms with Crippen molar-refractivity contribution in [1.82, 2.24) is 4.98 Å². The molecule has 1 aromatic heterocycles. The minimum Gasteiger partial charge on any atom is -0.323 e. The first-order valence-corrected chi connectivity index (χ1v) is 7.88. The minimum absolute atomic E-state index is 0.450. The van der Waals surface area contributed by atoms with E-state index >= 15 is 0 Å². The van der Waals surface area contributed by atoms with Crippen LogP contribution in [0.1, 0.15) is 23.6 Å². The molecule has 22 heavy (non-hydrogen) atoms. The van der Waals surface area contributed by atoms with Gasteiger partial charge in [-0.3, -0.25) is 0 Å². The summed E-state index contributed by atoms with van der Waals surface area (Å²) >= 11 is 0. The second-order valence-electron chi connectivity index (χ2n) is 6.38. The smallest absolute Gasteiger partial charge is 0.136 e. The lowest BCUT2D eigenvalue weighted by Crippen LogP contribution is -2.25. The summed E-state index contributed by atoms with van der Waals surface area (Å²) in [4.78, 5) is 7.39. The molecule has 1 aliphatic rings. The molecule has 0 radical (unpaired) electrons. The van der Waals surface area contributed by atoms with Crippen molar-refractivity contribution in [2.24, 2.45) is 0 Å². The van der Waals surface area contributed by atoms with E-state index < -0.39 is 0 Å². The molecule has 0 fully saturated rings. The van der Waals surface area contributed by atoms with E-state index in [4.69, 9.17) is 4.98 Å². The Morgan fingerprint density at radius 1 is 1.05 bits per heavy atom. The van der Waals surface area contributed by atoms with E-state index in [0.29, 0.717) is 6.04 Å². The first-order chi connectivity index (χ1) is 10.6. The fourth-order valence-corrected chi connectivity index (χ4v) is 3.50. The van der Waals surface area contributed by atoms with Crippen LogP contribution >= 0.6 is 0 Å². The highest BCUT2D eigenvalue weighted by Crippen LogP contribution is 2.39. The normalized spacial score (nSPS) is 17.0. The standard InChI is InChI=1S/C20H20N2/c1-13-8-9-16-11-14(2)20(21-18(16)10-13)22-15(3)12-17-6-4-5-7-19(17)22/h4-11,15H,12H2,1-3H3/t15-/m0/s1. The predicted molar refractivity (Wildman–Crippen MR) is 93.0 cm³/mol. The Morgan fingerprint density at radius 3 is 2.73 bits per heavy atom. The molecule has 1 aliphatic heterocycles. The largest absolute Gasteiger partial charge is 0.323 e. The summed E-state index contributed by atoms with van der Waals surface area (Å²) < 4.78 is 0. The molecule has 2 nitrogen and oxygen atoms in total. The molecule has 2 heteroatoms. The summed E-state index contributed by atoms with van der Waals surface area (Å²) in [7, 11) is 0. The molecule has 2 aromatic carbocycles. The van der Waals surface area contributed by atoms with Crippen LogP contribution < -0.4 is 4.90 Å². The van der Waals surface area contributed by atoms with Crippen molar-refractivity contribution in [3.63, 3.8) is 0 Å². The number of aryl methyl sites for hydroxylation is 2. The molecule has 0 unspecified atom stereocenters. The maximum Gasteiger partial charge on any atom is 0.136 e. The van der Waals surface area contributed by atoms with Crippen molar-refractivity contribution in [1.29, 1.82) is 0 Å². The number of aromatic nitrogens is 1. The fourth-order valence-electron chi connectivity index (χ4n) is 3.50. The summed E-state index contributed by atoms with van der Waals surface area (Å²) in [6.45, 7) is 6.56. The highest BCUT2D eigenvalue weighted by Gasteiger charge is 2.28. The number of para-hydroxylation sites is 1. The average molecular weight is 288 g/mol. The second-order valence-corrected chi connectivity index (χ2v) is 6.38. The summed E-state index contributed by atoms with van der Waals surface area (Å²) in [5.41, 5.74) is 6.29. The van der Waals surface area contributed by atoms with E-state index in [9.17, 15) is 0 Å². The van der Waals surface area contributed by atoms with Crippen molar-refractivity contribution in [3.05, 3.63) is 65.2 Å². The third-order valence-corrected chi connectivity index (χ3v) is 4.57. The van der Waals surface area contributed by atoms with Crippen molar-refractivity contribution >= 4 is 22.4 Å². The zero-order valence-corrected chi connectivity index (χ0v) is 13.3. The monoisotopic (exact) mass is 288 g/mol. The Kier molecular flexibility index (Phi) is 2.93. The van der Waals surface area contributed by atoms with Crippen LogP contribution in [0.3, 0.4) is 0 Å². The zero-order chi connectivity index (χ0) is 15.3. The second kappa shape index (κ2) is 4.84. The van der Waals surface area contributed by atoms with Gasteiger partial charge in [-0.15, -0.1) is 0 Å². The number of rotatable bonds is 1.